The molecule has 0 aliphatic carbocycles. The zero-order valence-electron chi connectivity index (χ0n) is 10.2. The van der Waals surface area contributed by atoms with Crippen LogP contribution < -0.4 is 4.74 Å². The Bertz CT molecular complexity index is 725. The monoisotopic (exact) mass is 274 g/mol. The van der Waals surface area contributed by atoms with E-state index in [1.54, 1.807) is 16.6 Å². The first-order valence-corrected chi connectivity index (χ1v) is 6.27. The van der Waals surface area contributed by atoms with Gasteiger partial charge in [-0.3, -0.25) is 0 Å². The van der Waals surface area contributed by atoms with Gasteiger partial charge in [-0.15, -0.1) is 10.2 Å². The number of halogens is 1. The van der Waals surface area contributed by atoms with Gasteiger partial charge in [0.15, 0.2) is 11.5 Å². The van der Waals surface area contributed by atoms with Gasteiger partial charge < -0.3 is 4.74 Å². The van der Waals surface area contributed by atoms with Gasteiger partial charge >= 0.3 is 0 Å². The van der Waals surface area contributed by atoms with Gasteiger partial charge in [0.1, 0.15) is 10.9 Å². The van der Waals surface area contributed by atoms with Crippen LogP contribution >= 0.6 is 11.6 Å². The summed E-state index contributed by atoms with van der Waals surface area (Å²) in [5.74, 6) is 1.36. The van der Waals surface area contributed by atoms with Crippen LogP contribution in [-0.4, -0.2) is 26.4 Å². The topological polar surface area (TPSA) is 52.3 Å². The summed E-state index contributed by atoms with van der Waals surface area (Å²) in [5.41, 5.74) is 1.48. The summed E-state index contributed by atoms with van der Waals surface area (Å²) >= 11 is 5.92. The Morgan fingerprint density at radius 1 is 1.16 bits per heavy atom. The molecular weight excluding hydrogens is 264 g/mol. The first-order chi connectivity index (χ1) is 9.29. The summed E-state index contributed by atoms with van der Waals surface area (Å²) in [6.07, 6.45) is 0. The fraction of sp³-hybridized carbons (Fsp3) is 0.154. The predicted molar refractivity (Wildman–Crippen MR) is 72.4 cm³/mol. The quantitative estimate of drug-likeness (QED) is 0.737. The molecule has 0 bridgehead atoms. The van der Waals surface area contributed by atoms with Crippen molar-refractivity contribution in [2.24, 2.45) is 0 Å². The molecule has 5 nitrogen and oxygen atoms in total. The first kappa shape index (κ1) is 11.9. The Balaban J connectivity index is 2.21. The van der Waals surface area contributed by atoms with Crippen LogP contribution in [-0.2, 0) is 0 Å². The van der Waals surface area contributed by atoms with Crippen molar-refractivity contribution in [1.82, 2.24) is 19.8 Å². The molecule has 0 spiro atoms. The molecule has 0 radical (unpaired) electrons. The average Bonchev–Trinajstić information content (AvgIpc) is 2.82. The number of rotatable bonds is 3. The van der Waals surface area contributed by atoms with E-state index < -0.39 is 0 Å². The molecule has 0 aliphatic heterocycles. The van der Waals surface area contributed by atoms with Crippen molar-refractivity contribution in [2.45, 2.75) is 6.92 Å². The van der Waals surface area contributed by atoms with Gasteiger partial charge in [0.25, 0.3) is 0 Å². The maximum absolute atomic E-state index is 5.92. The SMILES string of the molecule is CCOc1ccccc1-c1nnc2ccc(Cl)nn12. The van der Waals surface area contributed by atoms with Crippen LogP contribution in [0.3, 0.4) is 0 Å². The lowest BCUT2D eigenvalue weighted by atomic mass is 10.2. The molecule has 0 amide bonds. The Kier molecular flexibility index (Phi) is 3.05. The zero-order chi connectivity index (χ0) is 13.2. The van der Waals surface area contributed by atoms with Gasteiger partial charge in [-0.1, -0.05) is 23.7 Å². The summed E-state index contributed by atoms with van der Waals surface area (Å²) in [5, 5.41) is 12.8. The minimum atomic E-state index is 0.391. The third-order valence-corrected chi connectivity index (χ3v) is 2.86. The van der Waals surface area contributed by atoms with Crippen molar-refractivity contribution >= 4 is 17.2 Å². The average molecular weight is 275 g/mol. The minimum Gasteiger partial charge on any atom is -0.493 e. The van der Waals surface area contributed by atoms with E-state index in [1.165, 1.54) is 0 Å². The number of ether oxygens (including phenoxy) is 1. The van der Waals surface area contributed by atoms with Crippen LogP contribution in [0.25, 0.3) is 17.0 Å². The van der Waals surface area contributed by atoms with Crippen molar-refractivity contribution in [3.05, 3.63) is 41.6 Å². The molecule has 6 heteroatoms. The molecule has 2 aromatic heterocycles. The van der Waals surface area contributed by atoms with Gasteiger partial charge in [-0.25, -0.2) is 0 Å². The molecule has 0 atom stereocenters. The van der Waals surface area contributed by atoms with Crippen molar-refractivity contribution < 1.29 is 4.74 Å². The van der Waals surface area contributed by atoms with Crippen LogP contribution in [0.15, 0.2) is 36.4 Å². The predicted octanol–water partition coefficient (Wildman–Crippen LogP) is 2.84. The van der Waals surface area contributed by atoms with Gasteiger partial charge in [-0.05, 0) is 31.2 Å². The number of nitrogens with zero attached hydrogens (tertiary/aromatic N) is 4. The minimum absolute atomic E-state index is 0.391. The van der Waals surface area contributed by atoms with Gasteiger partial charge in [0.2, 0.25) is 0 Å². The Labute approximate surface area is 114 Å². The maximum atomic E-state index is 5.92. The summed E-state index contributed by atoms with van der Waals surface area (Å²) in [6, 6.07) is 11.1. The molecule has 0 saturated carbocycles. The third kappa shape index (κ3) is 2.13. The number of fused-ring (bicyclic) bond motifs is 1. The molecule has 0 N–H and O–H groups in total. The zero-order valence-corrected chi connectivity index (χ0v) is 11.0. The van der Waals surface area contributed by atoms with Crippen LogP contribution in [0, 0.1) is 0 Å². The Morgan fingerprint density at radius 2 is 2.00 bits per heavy atom. The van der Waals surface area contributed by atoms with E-state index in [2.05, 4.69) is 15.3 Å². The summed E-state index contributed by atoms with van der Waals surface area (Å²) < 4.78 is 7.21. The highest BCUT2D eigenvalue weighted by Crippen LogP contribution is 2.28. The molecular formula is C13H11ClN4O. The standard InChI is InChI=1S/C13H11ClN4O/c1-2-19-10-6-4-3-5-9(10)13-16-15-12-8-7-11(14)17-18(12)13/h3-8H,2H2,1H3. The van der Waals surface area contributed by atoms with E-state index in [1.807, 2.05) is 31.2 Å². The largest absolute Gasteiger partial charge is 0.493 e. The molecule has 0 saturated heterocycles. The number of aromatic nitrogens is 4. The first-order valence-electron chi connectivity index (χ1n) is 5.89. The van der Waals surface area contributed by atoms with E-state index in [9.17, 15) is 0 Å². The van der Waals surface area contributed by atoms with Crippen molar-refractivity contribution in [1.29, 1.82) is 0 Å². The molecule has 96 valence electrons. The lowest BCUT2D eigenvalue weighted by Gasteiger charge is -2.07. The molecule has 3 rings (SSSR count). The fourth-order valence-corrected chi connectivity index (χ4v) is 2.01. The van der Waals surface area contributed by atoms with Crippen molar-refractivity contribution in [2.75, 3.05) is 6.61 Å². The van der Waals surface area contributed by atoms with Gasteiger partial charge in [0.05, 0.1) is 12.2 Å². The van der Waals surface area contributed by atoms with E-state index >= 15 is 0 Å². The lowest BCUT2D eigenvalue weighted by Crippen LogP contribution is -1.98. The van der Waals surface area contributed by atoms with Gasteiger partial charge in [-0.2, -0.15) is 9.61 Å². The summed E-state index contributed by atoms with van der Waals surface area (Å²) in [6.45, 7) is 2.52. The second kappa shape index (κ2) is 4.85. The molecule has 1 aromatic carbocycles. The fourth-order valence-electron chi connectivity index (χ4n) is 1.87. The highest BCUT2D eigenvalue weighted by Gasteiger charge is 2.13. The number of benzene rings is 1. The Morgan fingerprint density at radius 3 is 2.84 bits per heavy atom. The van der Waals surface area contributed by atoms with Crippen molar-refractivity contribution in [3.8, 4) is 17.1 Å². The molecule has 3 aromatic rings. The second-order valence-electron chi connectivity index (χ2n) is 3.88. The maximum Gasteiger partial charge on any atom is 0.189 e. The lowest BCUT2D eigenvalue weighted by molar-refractivity contribution is 0.341. The third-order valence-electron chi connectivity index (χ3n) is 2.66. The van der Waals surface area contributed by atoms with Crippen molar-refractivity contribution in [3.63, 3.8) is 0 Å². The summed E-state index contributed by atoms with van der Waals surface area (Å²) in [7, 11) is 0. The van der Waals surface area contributed by atoms with E-state index in [0.717, 1.165) is 11.3 Å². The van der Waals surface area contributed by atoms with Crippen LogP contribution in [0.2, 0.25) is 5.15 Å². The number of para-hydroxylation sites is 1. The van der Waals surface area contributed by atoms with Crippen LogP contribution in [0.5, 0.6) is 5.75 Å². The molecule has 0 aliphatic rings. The highest BCUT2D eigenvalue weighted by molar-refractivity contribution is 6.29. The van der Waals surface area contributed by atoms with E-state index in [-0.39, 0.29) is 0 Å². The van der Waals surface area contributed by atoms with Gasteiger partial charge in [0, 0.05) is 0 Å². The van der Waals surface area contributed by atoms with Crippen LogP contribution in [0.1, 0.15) is 6.92 Å². The van der Waals surface area contributed by atoms with Crippen LogP contribution in [0.4, 0.5) is 0 Å². The highest BCUT2D eigenvalue weighted by atomic mass is 35.5. The van der Waals surface area contributed by atoms with E-state index in [0.29, 0.717) is 23.2 Å². The number of hydrogen-bond acceptors (Lipinski definition) is 4. The number of hydrogen-bond donors (Lipinski definition) is 0. The molecule has 0 unspecified atom stereocenters. The second-order valence-corrected chi connectivity index (χ2v) is 4.27. The Hall–Kier alpha value is -2.14. The molecule has 2 heterocycles. The molecule has 19 heavy (non-hydrogen) atoms. The normalized spacial score (nSPS) is 10.8. The van der Waals surface area contributed by atoms with E-state index in [4.69, 9.17) is 16.3 Å². The summed E-state index contributed by atoms with van der Waals surface area (Å²) in [4.78, 5) is 0. The smallest absolute Gasteiger partial charge is 0.189 e. The molecule has 0 fully saturated rings.